The van der Waals surface area contributed by atoms with Crippen LogP contribution in [0.5, 0.6) is 0 Å². The third kappa shape index (κ3) is 3.91. The normalized spacial score (nSPS) is 19.1. The molecule has 2 aromatic carbocycles. The largest absolute Gasteiger partial charge is 0.268 e. The van der Waals surface area contributed by atoms with Gasteiger partial charge in [0.15, 0.2) is 9.84 Å². The van der Waals surface area contributed by atoms with E-state index in [2.05, 4.69) is 0 Å². The Balaban J connectivity index is 1.83. The zero-order chi connectivity index (χ0) is 18.0. The topological polar surface area (TPSA) is 57.7 Å². The maximum Gasteiger partial charge on any atom is 0.268 e. The highest BCUT2D eigenvalue weighted by molar-refractivity contribution is 7.91. The molecule has 1 aliphatic rings. The number of rotatable bonds is 4. The molecule has 0 saturated carbocycles. The first-order valence-electron chi connectivity index (χ1n) is 8.24. The van der Waals surface area contributed by atoms with Gasteiger partial charge in [-0.1, -0.05) is 42.5 Å². The van der Waals surface area contributed by atoms with Gasteiger partial charge in [0.2, 0.25) is 0 Å². The standard InChI is InChI=1S/C19H22N2O3S/c1-20(2)21(18-12-13-25(23,24)14-18)19(22)17-10-8-16(9-11-17)15-6-4-3-5-7-15/h3-11,18H,12-14H2,1-2H3/t18-/m0/s1. The van der Waals surface area contributed by atoms with E-state index in [0.29, 0.717) is 12.0 Å². The van der Waals surface area contributed by atoms with Crippen molar-refractivity contribution in [1.82, 2.24) is 10.0 Å². The first kappa shape index (κ1) is 17.6. The molecule has 25 heavy (non-hydrogen) atoms. The highest BCUT2D eigenvalue weighted by Gasteiger charge is 2.36. The van der Waals surface area contributed by atoms with Crippen LogP contribution in [0.2, 0.25) is 0 Å². The van der Waals surface area contributed by atoms with Gasteiger partial charge in [0, 0.05) is 19.7 Å². The van der Waals surface area contributed by atoms with Crippen LogP contribution in [0.25, 0.3) is 11.1 Å². The van der Waals surface area contributed by atoms with Crippen molar-refractivity contribution in [2.45, 2.75) is 12.5 Å². The molecule has 0 radical (unpaired) electrons. The van der Waals surface area contributed by atoms with Crippen molar-refractivity contribution in [1.29, 1.82) is 0 Å². The van der Waals surface area contributed by atoms with E-state index in [0.717, 1.165) is 11.1 Å². The Hall–Kier alpha value is -2.18. The Morgan fingerprint density at radius 1 is 0.960 bits per heavy atom. The van der Waals surface area contributed by atoms with Crippen molar-refractivity contribution in [3.05, 3.63) is 60.2 Å². The lowest BCUT2D eigenvalue weighted by molar-refractivity contribution is 0.00101. The number of nitrogens with zero attached hydrogens (tertiary/aromatic N) is 2. The van der Waals surface area contributed by atoms with Gasteiger partial charge < -0.3 is 0 Å². The predicted molar refractivity (Wildman–Crippen MR) is 98.8 cm³/mol. The number of sulfone groups is 1. The fourth-order valence-electron chi connectivity index (χ4n) is 3.21. The van der Waals surface area contributed by atoms with Crippen molar-refractivity contribution in [2.75, 3.05) is 25.6 Å². The summed E-state index contributed by atoms with van der Waals surface area (Å²) in [5.41, 5.74) is 2.68. The Bertz CT molecular complexity index is 846. The zero-order valence-electron chi connectivity index (χ0n) is 14.4. The number of hydrogen-bond acceptors (Lipinski definition) is 4. The van der Waals surface area contributed by atoms with E-state index in [1.54, 1.807) is 36.2 Å². The van der Waals surface area contributed by atoms with E-state index in [9.17, 15) is 13.2 Å². The van der Waals surface area contributed by atoms with Crippen molar-refractivity contribution in [3.8, 4) is 11.1 Å². The second kappa shape index (κ2) is 6.98. The third-order valence-electron chi connectivity index (χ3n) is 4.43. The SMILES string of the molecule is CN(C)N(C(=O)c1ccc(-c2ccccc2)cc1)[C@H]1CCS(=O)(=O)C1. The van der Waals surface area contributed by atoms with Gasteiger partial charge in [-0.15, -0.1) is 0 Å². The van der Waals surface area contributed by atoms with Crippen LogP contribution in [0.15, 0.2) is 54.6 Å². The molecule has 0 aliphatic carbocycles. The summed E-state index contributed by atoms with van der Waals surface area (Å²) >= 11 is 0. The van der Waals surface area contributed by atoms with Gasteiger partial charge in [-0.25, -0.2) is 13.4 Å². The van der Waals surface area contributed by atoms with Gasteiger partial charge in [-0.3, -0.25) is 9.80 Å². The van der Waals surface area contributed by atoms with Crippen LogP contribution in [0.4, 0.5) is 0 Å². The molecule has 6 heteroatoms. The summed E-state index contributed by atoms with van der Waals surface area (Å²) in [5, 5.41) is 3.24. The van der Waals surface area contributed by atoms with E-state index in [4.69, 9.17) is 0 Å². The van der Waals surface area contributed by atoms with E-state index in [1.165, 1.54) is 0 Å². The maximum absolute atomic E-state index is 12.9. The molecule has 0 aromatic heterocycles. The average molecular weight is 358 g/mol. The molecule has 1 fully saturated rings. The number of hydrogen-bond donors (Lipinski definition) is 0. The van der Waals surface area contributed by atoms with Gasteiger partial charge in [0.25, 0.3) is 5.91 Å². The van der Waals surface area contributed by atoms with Crippen LogP contribution in [0.3, 0.4) is 0 Å². The lowest BCUT2D eigenvalue weighted by atomic mass is 10.0. The highest BCUT2D eigenvalue weighted by Crippen LogP contribution is 2.23. The molecule has 3 rings (SSSR count). The minimum absolute atomic E-state index is 0.0268. The Morgan fingerprint density at radius 3 is 2.08 bits per heavy atom. The van der Waals surface area contributed by atoms with Crippen molar-refractivity contribution in [2.24, 2.45) is 0 Å². The molecular weight excluding hydrogens is 336 g/mol. The molecule has 5 nitrogen and oxygen atoms in total. The van der Waals surface area contributed by atoms with Crippen LogP contribution in [-0.2, 0) is 9.84 Å². The second-order valence-corrected chi connectivity index (χ2v) is 8.73. The molecule has 1 heterocycles. The zero-order valence-corrected chi connectivity index (χ0v) is 15.2. The monoisotopic (exact) mass is 358 g/mol. The number of carbonyl (C=O) groups excluding carboxylic acids is 1. The van der Waals surface area contributed by atoms with E-state index < -0.39 is 9.84 Å². The van der Waals surface area contributed by atoms with E-state index >= 15 is 0 Å². The van der Waals surface area contributed by atoms with Crippen LogP contribution >= 0.6 is 0 Å². The Kier molecular flexibility index (Phi) is 4.92. The van der Waals surface area contributed by atoms with Gasteiger partial charge in [0.1, 0.15) is 0 Å². The smallest absolute Gasteiger partial charge is 0.268 e. The van der Waals surface area contributed by atoms with Crippen molar-refractivity contribution in [3.63, 3.8) is 0 Å². The lowest BCUT2D eigenvalue weighted by Crippen LogP contribution is -2.49. The maximum atomic E-state index is 12.9. The van der Waals surface area contributed by atoms with Crippen LogP contribution < -0.4 is 0 Å². The first-order chi connectivity index (χ1) is 11.9. The summed E-state index contributed by atoms with van der Waals surface area (Å²) in [6.07, 6.45) is 0.481. The fraction of sp³-hybridized carbons (Fsp3) is 0.316. The summed E-state index contributed by atoms with van der Waals surface area (Å²) in [6.45, 7) is 0. The molecule has 1 atom stereocenters. The molecule has 1 saturated heterocycles. The quantitative estimate of drug-likeness (QED) is 0.788. The van der Waals surface area contributed by atoms with Crippen LogP contribution in [0.1, 0.15) is 16.8 Å². The molecule has 0 bridgehead atoms. The summed E-state index contributed by atoms with van der Waals surface area (Å²) < 4.78 is 23.5. The number of benzene rings is 2. The minimum atomic E-state index is -3.05. The summed E-state index contributed by atoms with van der Waals surface area (Å²) in [4.78, 5) is 12.9. The van der Waals surface area contributed by atoms with Crippen LogP contribution in [0, 0.1) is 0 Å². The number of hydrazine groups is 1. The summed E-state index contributed by atoms with van der Waals surface area (Å²) in [6, 6.07) is 17.1. The summed E-state index contributed by atoms with van der Waals surface area (Å²) in [7, 11) is 0.477. The molecule has 0 N–H and O–H groups in total. The molecule has 1 amide bonds. The molecular formula is C19H22N2O3S. The third-order valence-corrected chi connectivity index (χ3v) is 6.18. The Morgan fingerprint density at radius 2 is 1.56 bits per heavy atom. The fourth-order valence-corrected chi connectivity index (χ4v) is 4.90. The number of amides is 1. The summed E-state index contributed by atoms with van der Waals surface area (Å²) in [5.74, 6) is -0.00643. The van der Waals surface area contributed by atoms with Crippen molar-refractivity contribution >= 4 is 15.7 Å². The molecule has 132 valence electrons. The first-order valence-corrected chi connectivity index (χ1v) is 10.1. The van der Waals surface area contributed by atoms with Crippen LogP contribution in [-0.4, -0.2) is 56.0 Å². The molecule has 0 spiro atoms. The Labute approximate surface area is 148 Å². The average Bonchev–Trinajstić information content (AvgIpc) is 2.95. The predicted octanol–water partition coefficient (Wildman–Crippen LogP) is 2.46. The molecule has 0 unspecified atom stereocenters. The second-order valence-electron chi connectivity index (χ2n) is 6.50. The van der Waals surface area contributed by atoms with Gasteiger partial charge >= 0.3 is 0 Å². The number of carbonyl (C=O) groups is 1. The van der Waals surface area contributed by atoms with Crippen molar-refractivity contribution < 1.29 is 13.2 Å². The molecule has 1 aliphatic heterocycles. The highest BCUT2D eigenvalue weighted by atomic mass is 32.2. The van der Waals surface area contributed by atoms with E-state index in [1.807, 2.05) is 42.5 Å². The van der Waals surface area contributed by atoms with Gasteiger partial charge in [-0.05, 0) is 29.7 Å². The minimum Gasteiger partial charge on any atom is -0.268 e. The lowest BCUT2D eigenvalue weighted by Gasteiger charge is -2.33. The van der Waals surface area contributed by atoms with Gasteiger partial charge in [0.05, 0.1) is 17.5 Å². The van der Waals surface area contributed by atoms with E-state index in [-0.39, 0.29) is 23.5 Å². The van der Waals surface area contributed by atoms with Gasteiger partial charge in [-0.2, -0.15) is 0 Å². The molecule has 2 aromatic rings.